The van der Waals surface area contributed by atoms with Gasteiger partial charge in [-0.2, -0.15) is 0 Å². The minimum atomic E-state index is -4.73. The molecule has 0 saturated heterocycles. The van der Waals surface area contributed by atoms with Crippen molar-refractivity contribution < 1.29 is 32.1 Å². The first-order valence-electron chi connectivity index (χ1n) is 10.1. The minimum absolute atomic E-state index is 0.139. The van der Waals surface area contributed by atoms with Crippen molar-refractivity contribution in [1.29, 1.82) is 0 Å². The molecule has 0 bridgehead atoms. The first-order valence-corrected chi connectivity index (χ1v) is 10.1. The lowest BCUT2D eigenvalue weighted by molar-refractivity contribution is -0.274. The summed E-state index contributed by atoms with van der Waals surface area (Å²) in [7, 11) is 3.05. The number of rotatable bonds is 8. The molecule has 1 N–H and O–H groups in total. The van der Waals surface area contributed by atoms with Crippen LogP contribution in [-0.2, 0) is 6.61 Å². The van der Waals surface area contributed by atoms with Crippen LogP contribution in [0.15, 0.2) is 66.9 Å². The number of anilines is 2. The number of hydrogen-bond donors (Lipinski definition) is 1. The summed E-state index contributed by atoms with van der Waals surface area (Å²) in [6.45, 7) is 0.139. The Morgan fingerprint density at radius 2 is 1.56 bits per heavy atom. The van der Waals surface area contributed by atoms with Crippen molar-refractivity contribution in [3.8, 4) is 23.1 Å². The predicted octanol–water partition coefficient (Wildman–Crippen LogP) is 5.87. The molecule has 34 heavy (non-hydrogen) atoms. The lowest BCUT2D eigenvalue weighted by Gasteiger charge is -2.14. The second-order valence-electron chi connectivity index (χ2n) is 7.09. The van der Waals surface area contributed by atoms with Crippen LogP contribution < -0.4 is 24.3 Å². The van der Waals surface area contributed by atoms with E-state index in [0.717, 1.165) is 16.9 Å². The Kier molecular flexibility index (Phi) is 6.58. The van der Waals surface area contributed by atoms with Gasteiger partial charge in [-0.3, -0.25) is 0 Å². The lowest BCUT2D eigenvalue weighted by atomic mass is 10.2. The van der Waals surface area contributed by atoms with Crippen molar-refractivity contribution in [2.75, 3.05) is 19.5 Å². The van der Waals surface area contributed by atoms with Gasteiger partial charge in [0.15, 0.2) is 11.5 Å². The average Bonchev–Trinajstić information content (AvgIpc) is 2.82. The van der Waals surface area contributed by atoms with E-state index in [2.05, 4.69) is 20.0 Å². The van der Waals surface area contributed by atoms with E-state index < -0.39 is 6.36 Å². The van der Waals surface area contributed by atoms with E-state index in [0.29, 0.717) is 28.5 Å². The van der Waals surface area contributed by atoms with E-state index in [9.17, 15) is 13.2 Å². The third-order valence-electron chi connectivity index (χ3n) is 4.73. The van der Waals surface area contributed by atoms with E-state index >= 15 is 0 Å². The highest BCUT2D eigenvalue weighted by atomic mass is 19.4. The Balaban J connectivity index is 1.44. The number of hydrogen-bond acceptors (Lipinski definition) is 7. The second-order valence-corrected chi connectivity index (χ2v) is 7.09. The number of alkyl halides is 3. The third-order valence-corrected chi connectivity index (χ3v) is 4.73. The number of fused-ring (bicyclic) bond motifs is 1. The number of nitrogens with one attached hydrogen (secondary N) is 1. The lowest BCUT2D eigenvalue weighted by Crippen LogP contribution is -2.17. The molecule has 1 heterocycles. The van der Waals surface area contributed by atoms with Crippen molar-refractivity contribution in [3.05, 3.63) is 72.4 Å². The Hall–Kier alpha value is -4.21. The fourth-order valence-corrected chi connectivity index (χ4v) is 3.15. The zero-order chi connectivity index (χ0) is 24.1. The fraction of sp³-hybridized carbons (Fsp3) is 0.167. The van der Waals surface area contributed by atoms with Crippen molar-refractivity contribution >= 4 is 22.4 Å². The third kappa shape index (κ3) is 5.77. The highest BCUT2D eigenvalue weighted by Crippen LogP contribution is 2.33. The van der Waals surface area contributed by atoms with Gasteiger partial charge in [-0.05, 0) is 48.0 Å². The molecule has 7 nitrogen and oxygen atoms in total. The Labute approximate surface area is 193 Å². The Morgan fingerprint density at radius 1 is 0.824 bits per heavy atom. The van der Waals surface area contributed by atoms with Crippen LogP contribution in [-0.4, -0.2) is 30.5 Å². The quantitative estimate of drug-likeness (QED) is 0.345. The summed E-state index contributed by atoms with van der Waals surface area (Å²) < 4.78 is 57.1. The number of nitrogens with zero attached hydrogens (tertiary/aromatic N) is 2. The Bertz CT molecular complexity index is 1280. The van der Waals surface area contributed by atoms with Crippen LogP contribution in [0, 0.1) is 0 Å². The summed E-state index contributed by atoms with van der Waals surface area (Å²) in [5.41, 5.74) is 3.65. The highest BCUT2D eigenvalue weighted by molar-refractivity contribution is 5.80. The van der Waals surface area contributed by atoms with Crippen LogP contribution in [0.3, 0.4) is 0 Å². The largest absolute Gasteiger partial charge is 0.573 e. The molecule has 4 aromatic rings. The molecule has 0 unspecified atom stereocenters. The minimum Gasteiger partial charge on any atom is -0.493 e. The molecule has 3 aromatic carbocycles. The SMILES string of the molecule is COc1cnc2ccc(Nc3ccc(OCc4ccc(OC(F)(F)F)cc4)c(OC)c3)cc2n1. The predicted molar refractivity (Wildman–Crippen MR) is 120 cm³/mol. The second kappa shape index (κ2) is 9.74. The molecule has 0 saturated carbocycles. The molecule has 0 fully saturated rings. The van der Waals surface area contributed by atoms with Crippen molar-refractivity contribution in [3.63, 3.8) is 0 Å². The van der Waals surface area contributed by atoms with Crippen LogP contribution in [0.4, 0.5) is 24.5 Å². The van der Waals surface area contributed by atoms with Gasteiger partial charge < -0.3 is 24.3 Å². The van der Waals surface area contributed by atoms with Gasteiger partial charge in [-0.25, -0.2) is 9.97 Å². The summed E-state index contributed by atoms with van der Waals surface area (Å²) in [6.07, 6.45) is -3.17. The van der Waals surface area contributed by atoms with E-state index in [1.54, 1.807) is 18.3 Å². The standard InChI is InChI=1S/C24H20F3N3O4/c1-31-22-12-17(29-16-5-9-19-20(11-16)30-23(32-2)13-28-19)6-10-21(22)33-14-15-3-7-18(8-4-15)34-24(25,26)27/h3-13,29H,14H2,1-2H3. The first kappa shape index (κ1) is 23.0. The maximum absolute atomic E-state index is 12.3. The normalized spacial score (nSPS) is 11.2. The molecule has 0 spiro atoms. The molecule has 0 atom stereocenters. The van der Waals surface area contributed by atoms with Crippen LogP contribution in [0.25, 0.3) is 11.0 Å². The smallest absolute Gasteiger partial charge is 0.493 e. The summed E-state index contributed by atoms with van der Waals surface area (Å²) >= 11 is 0. The van der Waals surface area contributed by atoms with Gasteiger partial charge in [-0.15, -0.1) is 13.2 Å². The van der Waals surface area contributed by atoms with Gasteiger partial charge >= 0.3 is 6.36 Å². The van der Waals surface area contributed by atoms with Crippen molar-refractivity contribution in [2.45, 2.75) is 13.0 Å². The Morgan fingerprint density at radius 3 is 2.26 bits per heavy atom. The summed E-state index contributed by atoms with van der Waals surface area (Å²) in [5.74, 6) is 1.11. The molecule has 10 heteroatoms. The molecule has 4 rings (SSSR count). The molecule has 0 radical (unpaired) electrons. The molecular weight excluding hydrogens is 451 g/mol. The molecule has 0 aliphatic rings. The van der Waals surface area contributed by atoms with Crippen molar-refractivity contribution in [2.24, 2.45) is 0 Å². The number of methoxy groups -OCH3 is 2. The van der Waals surface area contributed by atoms with Crippen LogP contribution in [0.5, 0.6) is 23.1 Å². The molecule has 176 valence electrons. The molecular formula is C24H20F3N3O4. The van der Waals surface area contributed by atoms with Gasteiger partial charge in [-0.1, -0.05) is 12.1 Å². The summed E-state index contributed by atoms with van der Waals surface area (Å²) in [5, 5.41) is 3.28. The zero-order valence-electron chi connectivity index (χ0n) is 18.2. The van der Waals surface area contributed by atoms with Crippen molar-refractivity contribution in [1.82, 2.24) is 9.97 Å². The van der Waals surface area contributed by atoms with Gasteiger partial charge in [0.25, 0.3) is 0 Å². The van der Waals surface area contributed by atoms with E-state index in [-0.39, 0.29) is 12.4 Å². The van der Waals surface area contributed by atoms with Gasteiger partial charge in [0.1, 0.15) is 12.4 Å². The van der Waals surface area contributed by atoms with Crippen LogP contribution in [0.2, 0.25) is 0 Å². The maximum atomic E-state index is 12.3. The number of aromatic nitrogens is 2. The average molecular weight is 471 g/mol. The topological polar surface area (TPSA) is 74.7 Å². The molecule has 0 aliphatic heterocycles. The number of halogens is 3. The van der Waals surface area contributed by atoms with Gasteiger partial charge in [0, 0.05) is 17.4 Å². The van der Waals surface area contributed by atoms with Crippen LogP contribution in [0.1, 0.15) is 5.56 Å². The molecule has 0 amide bonds. The summed E-state index contributed by atoms with van der Waals surface area (Å²) in [6, 6.07) is 16.4. The maximum Gasteiger partial charge on any atom is 0.573 e. The van der Waals surface area contributed by atoms with Crippen LogP contribution >= 0.6 is 0 Å². The first-order chi connectivity index (χ1) is 16.3. The summed E-state index contributed by atoms with van der Waals surface area (Å²) in [4.78, 5) is 8.68. The molecule has 0 aliphatic carbocycles. The number of benzene rings is 3. The fourth-order valence-electron chi connectivity index (χ4n) is 3.15. The number of ether oxygens (including phenoxy) is 4. The van der Waals surface area contributed by atoms with Gasteiger partial charge in [0.2, 0.25) is 5.88 Å². The van der Waals surface area contributed by atoms with E-state index in [1.807, 2.05) is 24.3 Å². The van der Waals surface area contributed by atoms with E-state index in [1.165, 1.54) is 38.5 Å². The molecule has 1 aromatic heterocycles. The van der Waals surface area contributed by atoms with E-state index in [4.69, 9.17) is 14.2 Å². The monoisotopic (exact) mass is 471 g/mol. The van der Waals surface area contributed by atoms with Gasteiger partial charge in [0.05, 0.1) is 31.4 Å². The highest BCUT2D eigenvalue weighted by Gasteiger charge is 2.30. The zero-order valence-corrected chi connectivity index (χ0v) is 18.2.